The first-order valence-electron chi connectivity index (χ1n) is 11.3. The summed E-state index contributed by atoms with van der Waals surface area (Å²) in [6, 6.07) is 11.6. The van der Waals surface area contributed by atoms with Gasteiger partial charge in [0, 0.05) is 24.3 Å². The van der Waals surface area contributed by atoms with Gasteiger partial charge in [0.1, 0.15) is 18.1 Å². The summed E-state index contributed by atoms with van der Waals surface area (Å²) in [6.07, 6.45) is 2.78. The van der Waals surface area contributed by atoms with Crippen LogP contribution >= 0.6 is 0 Å². The molecular weight excluding hydrogens is 454 g/mol. The third-order valence-electron chi connectivity index (χ3n) is 6.09. The van der Waals surface area contributed by atoms with Crippen molar-refractivity contribution in [3.05, 3.63) is 70.6 Å². The first kappa shape index (κ1) is 24.0. The first-order valence-corrected chi connectivity index (χ1v) is 12.8. The predicted molar refractivity (Wildman–Crippen MR) is 128 cm³/mol. The standard InChI is InChI=1S/C25H29N3O5S/c1-17-7-12-22(34(30,31)28-13-5-4-6-14-28)15-24(17)26-25(29)20-8-10-21(11-9-20)32-16-23-18(2)27-33-19(23)3/h7-12,15H,4-6,13-14,16H2,1-3H3,(H,26,29). The number of rotatable bonds is 7. The van der Waals surface area contributed by atoms with Crippen LogP contribution in [-0.2, 0) is 16.6 Å². The van der Waals surface area contributed by atoms with E-state index in [4.69, 9.17) is 9.26 Å². The summed E-state index contributed by atoms with van der Waals surface area (Å²) in [5.74, 6) is 1.00. The lowest BCUT2D eigenvalue weighted by Gasteiger charge is -2.26. The van der Waals surface area contributed by atoms with Gasteiger partial charge in [-0.15, -0.1) is 0 Å². The maximum absolute atomic E-state index is 13.0. The molecule has 2 heterocycles. The summed E-state index contributed by atoms with van der Waals surface area (Å²) < 4.78 is 38.5. The van der Waals surface area contributed by atoms with Gasteiger partial charge in [0.15, 0.2) is 0 Å². The molecule has 8 nitrogen and oxygen atoms in total. The number of carbonyl (C=O) groups excluding carboxylic acids is 1. The number of nitrogens with one attached hydrogen (secondary N) is 1. The van der Waals surface area contributed by atoms with E-state index in [1.54, 1.807) is 36.4 Å². The molecule has 0 atom stereocenters. The van der Waals surface area contributed by atoms with Crippen molar-refractivity contribution < 1.29 is 22.5 Å². The second-order valence-electron chi connectivity index (χ2n) is 8.51. The Labute approximate surface area is 200 Å². The molecule has 0 aliphatic carbocycles. The third-order valence-corrected chi connectivity index (χ3v) is 7.99. The van der Waals surface area contributed by atoms with Crippen molar-refractivity contribution in [3.63, 3.8) is 0 Å². The van der Waals surface area contributed by atoms with Crippen LogP contribution in [0.2, 0.25) is 0 Å². The molecule has 1 amide bonds. The van der Waals surface area contributed by atoms with Crippen LogP contribution in [0, 0.1) is 20.8 Å². The second kappa shape index (κ2) is 9.99. The number of sulfonamides is 1. The van der Waals surface area contributed by atoms with Crippen molar-refractivity contribution >= 4 is 21.6 Å². The number of piperidine rings is 1. The molecule has 1 fully saturated rings. The molecule has 0 unspecified atom stereocenters. The smallest absolute Gasteiger partial charge is 0.255 e. The van der Waals surface area contributed by atoms with Crippen molar-refractivity contribution in [2.75, 3.05) is 18.4 Å². The van der Waals surface area contributed by atoms with Crippen molar-refractivity contribution in [2.24, 2.45) is 0 Å². The number of hydrogen-bond donors (Lipinski definition) is 1. The van der Waals surface area contributed by atoms with Gasteiger partial charge in [-0.25, -0.2) is 8.42 Å². The van der Waals surface area contributed by atoms with E-state index >= 15 is 0 Å². The summed E-state index contributed by atoms with van der Waals surface area (Å²) in [7, 11) is -3.58. The van der Waals surface area contributed by atoms with E-state index in [0.29, 0.717) is 42.5 Å². The van der Waals surface area contributed by atoms with Crippen LogP contribution in [0.25, 0.3) is 0 Å². The monoisotopic (exact) mass is 483 g/mol. The molecule has 3 aromatic rings. The van der Waals surface area contributed by atoms with E-state index in [1.807, 2.05) is 20.8 Å². The molecule has 0 spiro atoms. The number of nitrogens with zero attached hydrogens (tertiary/aromatic N) is 2. The molecule has 1 aliphatic rings. The number of benzene rings is 2. The lowest BCUT2D eigenvalue weighted by molar-refractivity contribution is 0.102. The maximum Gasteiger partial charge on any atom is 0.255 e. The van der Waals surface area contributed by atoms with E-state index in [9.17, 15) is 13.2 Å². The van der Waals surface area contributed by atoms with E-state index in [-0.39, 0.29) is 10.8 Å². The first-order chi connectivity index (χ1) is 16.3. The summed E-state index contributed by atoms with van der Waals surface area (Å²) in [5, 5.41) is 6.76. The Balaban J connectivity index is 1.44. The van der Waals surface area contributed by atoms with Crippen LogP contribution in [0.1, 0.15) is 52.2 Å². The summed E-state index contributed by atoms with van der Waals surface area (Å²) in [5.41, 5.74) is 3.38. The molecule has 2 aromatic carbocycles. The minimum atomic E-state index is -3.58. The minimum Gasteiger partial charge on any atom is -0.489 e. The van der Waals surface area contributed by atoms with Gasteiger partial charge in [0.2, 0.25) is 10.0 Å². The fraction of sp³-hybridized carbons (Fsp3) is 0.360. The van der Waals surface area contributed by atoms with Crippen LogP contribution in [0.4, 0.5) is 5.69 Å². The lowest BCUT2D eigenvalue weighted by atomic mass is 10.1. The number of aryl methyl sites for hydroxylation is 3. The highest BCUT2D eigenvalue weighted by Gasteiger charge is 2.26. The largest absolute Gasteiger partial charge is 0.489 e. The average molecular weight is 484 g/mol. The van der Waals surface area contributed by atoms with E-state index in [1.165, 1.54) is 10.4 Å². The Bertz CT molecular complexity index is 1260. The molecule has 0 bridgehead atoms. The molecule has 1 saturated heterocycles. The highest BCUT2D eigenvalue weighted by atomic mass is 32.2. The van der Waals surface area contributed by atoms with Crippen molar-refractivity contribution in [2.45, 2.75) is 51.5 Å². The zero-order valence-corrected chi connectivity index (χ0v) is 20.4. The molecule has 34 heavy (non-hydrogen) atoms. The van der Waals surface area contributed by atoms with Gasteiger partial charge < -0.3 is 14.6 Å². The minimum absolute atomic E-state index is 0.193. The van der Waals surface area contributed by atoms with Gasteiger partial charge in [-0.2, -0.15) is 4.31 Å². The van der Waals surface area contributed by atoms with E-state index in [2.05, 4.69) is 10.5 Å². The van der Waals surface area contributed by atoms with E-state index < -0.39 is 10.0 Å². The molecule has 0 saturated carbocycles. The van der Waals surface area contributed by atoms with Crippen LogP contribution < -0.4 is 10.1 Å². The molecule has 9 heteroatoms. The molecule has 1 N–H and O–H groups in total. The lowest BCUT2D eigenvalue weighted by Crippen LogP contribution is -2.35. The Morgan fingerprint density at radius 2 is 1.76 bits per heavy atom. The van der Waals surface area contributed by atoms with Crippen LogP contribution in [0.3, 0.4) is 0 Å². The van der Waals surface area contributed by atoms with Crippen molar-refractivity contribution in [1.29, 1.82) is 0 Å². The maximum atomic E-state index is 13.0. The van der Waals surface area contributed by atoms with Gasteiger partial charge in [0.05, 0.1) is 16.2 Å². The van der Waals surface area contributed by atoms with Gasteiger partial charge in [-0.05, 0) is 75.6 Å². The Morgan fingerprint density at radius 1 is 1.06 bits per heavy atom. The molecule has 180 valence electrons. The molecular formula is C25H29N3O5S. The van der Waals surface area contributed by atoms with Crippen LogP contribution in [-0.4, -0.2) is 36.9 Å². The van der Waals surface area contributed by atoms with Crippen LogP contribution in [0.5, 0.6) is 5.75 Å². The Morgan fingerprint density at radius 3 is 2.41 bits per heavy atom. The fourth-order valence-corrected chi connectivity index (χ4v) is 5.45. The highest BCUT2D eigenvalue weighted by Crippen LogP contribution is 2.26. The molecule has 1 aliphatic heterocycles. The number of amides is 1. The SMILES string of the molecule is Cc1ccc(S(=O)(=O)N2CCCCC2)cc1NC(=O)c1ccc(OCc2c(C)noc2C)cc1. The Hall–Kier alpha value is -3.17. The topological polar surface area (TPSA) is 102 Å². The number of anilines is 1. The van der Waals surface area contributed by atoms with Gasteiger partial charge in [-0.1, -0.05) is 17.6 Å². The van der Waals surface area contributed by atoms with E-state index in [0.717, 1.165) is 36.1 Å². The van der Waals surface area contributed by atoms with Crippen molar-refractivity contribution in [3.8, 4) is 5.75 Å². The average Bonchev–Trinajstić information content (AvgIpc) is 3.16. The number of ether oxygens (including phenoxy) is 1. The Kier molecular flexibility index (Phi) is 7.04. The van der Waals surface area contributed by atoms with Gasteiger partial charge >= 0.3 is 0 Å². The normalized spacial score (nSPS) is 14.7. The summed E-state index contributed by atoms with van der Waals surface area (Å²) in [4.78, 5) is 13.0. The second-order valence-corrected chi connectivity index (χ2v) is 10.4. The summed E-state index contributed by atoms with van der Waals surface area (Å²) >= 11 is 0. The number of carbonyl (C=O) groups is 1. The van der Waals surface area contributed by atoms with Gasteiger partial charge in [-0.3, -0.25) is 4.79 Å². The summed E-state index contributed by atoms with van der Waals surface area (Å²) in [6.45, 7) is 6.91. The highest BCUT2D eigenvalue weighted by molar-refractivity contribution is 7.89. The third kappa shape index (κ3) is 5.15. The van der Waals surface area contributed by atoms with Crippen molar-refractivity contribution in [1.82, 2.24) is 9.46 Å². The fourth-order valence-electron chi connectivity index (χ4n) is 3.91. The zero-order chi connectivity index (χ0) is 24.3. The number of aromatic nitrogens is 1. The van der Waals surface area contributed by atoms with Crippen LogP contribution in [0.15, 0.2) is 51.9 Å². The molecule has 4 rings (SSSR count). The predicted octanol–water partition coefficient (Wildman–Crippen LogP) is 4.61. The molecule has 1 aromatic heterocycles. The number of hydrogen-bond acceptors (Lipinski definition) is 6. The molecule has 0 radical (unpaired) electrons. The quantitative estimate of drug-likeness (QED) is 0.527. The zero-order valence-electron chi connectivity index (χ0n) is 19.6. The van der Waals surface area contributed by atoms with Gasteiger partial charge in [0.25, 0.3) is 5.91 Å².